The van der Waals surface area contributed by atoms with Gasteiger partial charge in [0.2, 0.25) is 22.0 Å². The SMILES string of the molecule is CC(C)c1cc(O)cc2c1OCC(=O)N2.CC(C)c1ccc(O)c(CO)c1.CC(C)c1ccc(O)c(NC=O)c1.CC(C)c1ccc(O)c(NS(C)(=O)=O)c1.CC(C)c1ccc(O)c2[nH]c(=O)ccc12.CC(C)c1ccc(O)c2[nH]c(=O)sc12. The highest BCUT2D eigenvalue weighted by atomic mass is 32.2. The largest absolute Gasteiger partial charge is 0.508 e. The highest BCUT2D eigenvalue weighted by Crippen LogP contribution is 2.39. The first-order valence-electron chi connectivity index (χ1n) is 27.1. The fourth-order valence-electron chi connectivity index (χ4n) is 8.28. The van der Waals surface area contributed by atoms with Crippen molar-refractivity contribution in [2.75, 3.05) is 28.2 Å². The maximum absolute atomic E-state index is 11.2. The Bertz CT molecular complexity index is 3770. The van der Waals surface area contributed by atoms with Gasteiger partial charge in [-0.25, -0.2) is 8.42 Å². The van der Waals surface area contributed by atoms with Crippen molar-refractivity contribution < 1.29 is 58.5 Å². The van der Waals surface area contributed by atoms with Crippen LogP contribution in [0.3, 0.4) is 0 Å². The summed E-state index contributed by atoms with van der Waals surface area (Å²) < 4.78 is 30.5. The van der Waals surface area contributed by atoms with Gasteiger partial charge in [-0.1, -0.05) is 125 Å². The van der Waals surface area contributed by atoms with Crippen LogP contribution in [-0.4, -0.2) is 79.3 Å². The van der Waals surface area contributed by atoms with E-state index in [1.54, 1.807) is 54.6 Å². The number of thiazole rings is 1. The van der Waals surface area contributed by atoms with Crippen LogP contribution in [0.2, 0.25) is 0 Å². The number of aromatic amines is 2. The lowest BCUT2D eigenvalue weighted by Gasteiger charge is -2.22. The van der Waals surface area contributed by atoms with Gasteiger partial charge in [0.1, 0.15) is 45.8 Å². The first-order chi connectivity index (χ1) is 39.3. The lowest BCUT2D eigenvalue weighted by Crippen LogP contribution is -2.26. The van der Waals surface area contributed by atoms with Gasteiger partial charge in [-0.05, 0) is 124 Å². The molecule has 0 atom stereocenters. The maximum atomic E-state index is 11.2. The van der Waals surface area contributed by atoms with Gasteiger partial charge in [-0.15, -0.1) is 0 Å². The predicted octanol–water partition coefficient (Wildman–Crippen LogP) is 12.6. The quantitative estimate of drug-likeness (QED) is 0.0423. The molecule has 19 nitrogen and oxygen atoms in total. The molecular formula is C63H79N5O14S2. The number of benzene rings is 6. The van der Waals surface area contributed by atoms with Gasteiger partial charge in [-0.3, -0.25) is 23.9 Å². The highest BCUT2D eigenvalue weighted by Gasteiger charge is 2.22. The van der Waals surface area contributed by atoms with Crippen molar-refractivity contribution in [3.8, 4) is 40.2 Å². The number of sulfonamides is 1. The Morgan fingerprint density at radius 3 is 1.60 bits per heavy atom. The number of amides is 2. The van der Waals surface area contributed by atoms with Crippen LogP contribution in [-0.2, 0) is 26.2 Å². The molecule has 84 heavy (non-hydrogen) atoms. The van der Waals surface area contributed by atoms with E-state index >= 15 is 0 Å². The zero-order valence-corrected chi connectivity index (χ0v) is 51.2. The normalized spacial score (nSPS) is 11.6. The van der Waals surface area contributed by atoms with Crippen LogP contribution < -0.4 is 30.5 Å². The molecule has 452 valence electrons. The number of hydrogen-bond acceptors (Lipinski definition) is 15. The highest BCUT2D eigenvalue weighted by molar-refractivity contribution is 7.92. The van der Waals surface area contributed by atoms with E-state index < -0.39 is 10.0 Å². The third-order valence-electron chi connectivity index (χ3n) is 12.9. The number of fused-ring (bicyclic) bond motifs is 3. The number of rotatable bonds is 11. The van der Waals surface area contributed by atoms with E-state index in [1.165, 1.54) is 18.2 Å². The number of hydrogen-bond donors (Lipinski definition) is 12. The van der Waals surface area contributed by atoms with Gasteiger partial charge in [0.25, 0.3) is 5.91 Å². The summed E-state index contributed by atoms with van der Waals surface area (Å²) in [5.41, 5.74) is 9.04. The fraction of sp³-hybridized carbons (Fsp3) is 0.333. The Balaban J connectivity index is 0.000000217. The second-order valence-electron chi connectivity index (χ2n) is 21.6. The number of aromatic hydroxyl groups is 6. The van der Waals surface area contributed by atoms with E-state index in [0.717, 1.165) is 61.1 Å². The molecule has 0 radical (unpaired) electrons. The average molecular weight is 1190 g/mol. The van der Waals surface area contributed by atoms with E-state index in [4.69, 9.17) is 9.84 Å². The molecule has 8 aromatic rings. The number of phenolic OH excluding ortho intramolecular Hbond substituents is 5. The van der Waals surface area contributed by atoms with Gasteiger partial charge in [0, 0.05) is 28.6 Å². The van der Waals surface area contributed by atoms with Crippen LogP contribution in [0.25, 0.3) is 21.1 Å². The summed E-state index contributed by atoms with van der Waals surface area (Å²) in [6.45, 7) is 24.5. The number of aromatic nitrogens is 2. The van der Waals surface area contributed by atoms with Crippen molar-refractivity contribution in [2.45, 2.75) is 125 Å². The summed E-state index contributed by atoms with van der Waals surface area (Å²) in [7, 11) is -3.35. The van der Waals surface area contributed by atoms with Crippen LogP contribution >= 0.6 is 11.3 Å². The minimum Gasteiger partial charge on any atom is -0.508 e. The Hall–Kier alpha value is -8.53. The van der Waals surface area contributed by atoms with Crippen molar-refractivity contribution in [2.24, 2.45) is 0 Å². The summed E-state index contributed by atoms with van der Waals surface area (Å²) in [5, 5.41) is 71.6. The molecule has 6 aromatic carbocycles. The zero-order valence-electron chi connectivity index (χ0n) is 49.6. The van der Waals surface area contributed by atoms with Crippen molar-refractivity contribution in [3.63, 3.8) is 0 Å². The monoisotopic (exact) mass is 1190 g/mol. The van der Waals surface area contributed by atoms with Gasteiger partial charge in [-0.2, -0.15) is 0 Å². The Labute approximate surface area is 493 Å². The van der Waals surface area contributed by atoms with Crippen molar-refractivity contribution in [3.05, 3.63) is 162 Å². The van der Waals surface area contributed by atoms with E-state index in [1.807, 2.05) is 58.0 Å². The number of phenols is 6. The molecule has 2 amide bonds. The summed E-state index contributed by atoms with van der Waals surface area (Å²) in [6, 6.07) is 28.8. The number of nitrogens with one attached hydrogen (secondary N) is 5. The molecule has 2 aromatic heterocycles. The number of anilines is 3. The fourth-order valence-corrected chi connectivity index (χ4v) is 9.86. The second-order valence-corrected chi connectivity index (χ2v) is 24.3. The van der Waals surface area contributed by atoms with E-state index in [9.17, 15) is 58.2 Å². The lowest BCUT2D eigenvalue weighted by molar-refractivity contribution is -0.118. The number of aliphatic hydroxyl groups is 1. The summed E-state index contributed by atoms with van der Waals surface area (Å²) in [6.07, 6.45) is 1.60. The molecule has 1 aliphatic rings. The number of aliphatic hydroxyl groups excluding tert-OH is 1. The summed E-state index contributed by atoms with van der Waals surface area (Å²) >= 11 is 1.15. The van der Waals surface area contributed by atoms with E-state index in [2.05, 4.69) is 80.7 Å². The average Bonchev–Trinajstić information content (AvgIpc) is 2.60. The molecule has 0 spiro atoms. The van der Waals surface area contributed by atoms with Crippen molar-refractivity contribution in [1.82, 2.24) is 9.97 Å². The smallest absolute Gasteiger partial charge is 0.305 e. The number of H-pyrrole nitrogens is 2. The molecule has 3 heterocycles. The van der Waals surface area contributed by atoms with Crippen LogP contribution in [0, 0.1) is 0 Å². The molecule has 0 unspecified atom stereocenters. The van der Waals surface area contributed by atoms with Gasteiger partial charge >= 0.3 is 4.87 Å². The Morgan fingerprint density at radius 1 is 0.571 bits per heavy atom. The van der Waals surface area contributed by atoms with Gasteiger partial charge in [0.05, 0.1) is 40.1 Å². The molecule has 0 saturated carbocycles. The van der Waals surface area contributed by atoms with E-state index in [0.29, 0.717) is 63.8 Å². The molecule has 0 aliphatic carbocycles. The van der Waals surface area contributed by atoms with Gasteiger partial charge in [0.15, 0.2) is 6.61 Å². The van der Waals surface area contributed by atoms with Crippen LogP contribution in [0.5, 0.6) is 40.2 Å². The molecule has 21 heteroatoms. The van der Waals surface area contributed by atoms with Crippen LogP contribution in [0.4, 0.5) is 17.1 Å². The number of carbonyl (C=O) groups excluding carboxylic acids is 2. The topological polar surface area (TPSA) is 321 Å². The molecule has 0 bridgehead atoms. The summed E-state index contributed by atoms with van der Waals surface area (Å²) in [4.78, 5) is 48.8. The molecule has 9 rings (SSSR count). The third kappa shape index (κ3) is 19.6. The summed E-state index contributed by atoms with van der Waals surface area (Å²) in [5.74, 6) is 3.12. The number of carbonyl (C=O) groups is 2. The van der Waals surface area contributed by atoms with Crippen LogP contribution in [0.15, 0.2) is 113 Å². The molecule has 0 saturated heterocycles. The lowest BCUT2D eigenvalue weighted by atomic mass is 9.98. The number of ether oxygens (including phenoxy) is 1. The van der Waals surface area contributed by atoms with Crippen molar-refractivity contribution in [1.29, 1.82) is 0 Å². The van der Waals surface area contributed by atoms with Gasteiger partial charge < -0.3 is 61.1 Å². The molecule has 12 N–H and O–H groups in total. The molecular weight excluding hydrogens is 1110 g/mol. The second kappa shape index (κ2) is 30.7. The first-order valence-corrected chi connectivity index (χ1v) is 29.8. The molecule has 0 fully saturated rings. The Morgan fingerprint density at radius 2 is 1.07 bits per heavy atom. The standard InChI is InChI=1S/C12H13NO2.C11H13NO3.C10H15NO3S.C10H11NO2S.C10H13NO2.C10H14O2/c1-7(2)8-3-5-10(14)12-9(8)4-6-11(15)13-12;1-6(2)8-3-7(13)4-9-11(8)15-5-10(14)12-9;1-7(2)8-4-5-10(12)9(6-8)11-15(3,13)14;1-5(2)6-3-4-7(12)8-9(6)14-10(13)11-8;1-7(2)8-3-4-10(13)9(5-8)11-6-12;1-7(2)8-3-4-10(12)9(5-8)6-11/h3-7,14H,1-2H3,(H,13,15);3-4,6,13H,5H2,1-2H3,(H,12,14);4-7,11-12H,1-3H3;3-5,12H,1-2H3,(H,11,13);3-7,13H,1-2H3,(H,11,12);3-5,7,11-12H,6H2,1-2H3. The minimum absolute atomic E-state index is 0.0392. The van der Waals surface area contributed by atoms with Crippen LogP contribution in [0.1, 0.15) is 158 Å². The van der Waals surface area contributed by atoms with Crippen molar-refractivity contribution >= 4 is 71.9 Å². The molecule has 1 aliphatic heterocycles. The minimum atomic E-state index is -3.35. The zero-order chi connectivity index (χ0) is 62.9. The third-order valence-corrected chi connectivity index (χ3v) is 14.4. The van der Waals surface area contributed by atoms with E-state index in [-0.39, 0.29) is 81.6 Å². The predicted molar refractivity (Wildman–Crippen MR) is 336 cm³/mol. The Kier molecular flexibility index (Phi) is 24.8. The maximum Gasteiger partial charge on any atom is 0.305 e. The number of pyridine rings is 1. The first kappa shape index (κ1) is 68.0.